The first-order chi connectivity index (χ1) is 19.5. The van der Waals surface area contributed by atoms with Gasteiger partial charge in [0.25, 0.3) is 5.91 Å². The predicted octanol–water partition coefficient (Wildman–Crippen LogP) is 5.69. The fraction of sp³-hybridized carbons (Fsp3) is 0.143. The van der Waals surface area contributed by atoms with E-state index in [1.54, 1.807) is 12.1 Å². The lowest BCUT2D eigenvalue weighted by molar-refractivity contribution is -0.120. The molecule has 0 spiro atoms. The molecule has 0 saturated carbocycles. The Morgan fingerprint density at radius 3 is 1.85 bits per heavy atom. The van der Waals surface area contributed by atoms with E-state index in [-0.39, 0.29) is 11.9 Å². The summed E-state index contributed by atoms with van der Waals surface area (Å²) in [5, 5.41) is 7.70. The van der Waals surface area contributed by atoms with E-state index >= 15 is 0 Å². The molecule has 5 rings (SSSR count). The lowest BCUT2D eigenvalue weighted by Crippen LogP contribution is -2.35. The molecule has 2 atom stereocenters. The maximum atomic E-state index is 13.2. The van der Waals surface area contributed by atoms with Gasteiger partial charge in [-0.3, -0.25) is 9.59 Å². The Morgan fingerprint density at radius 1 is 0.650 bits per heavy atom. The SMILES string of the molecule is NCc1cccc(C(=O)NC(C=CC(Cc2ccc3ccccc3c2)C(N)=O)Cc2ccc3ccccc3c2)c1. The van der Waals surface area contributed by atoms with Crippen LogP contribution in [-0.2, 0) is 24.2 Å². The molecule has 5 aromatic rings. The highest BCUT2D eigenvalue weighted by Crippen LogP contribution is 2.20. The molecule has 5 aromatic carbocycles. The number of primary amides is 1. The van der Waals surface area contributed by atoms with Crippen molar-refractivity contribution in [2.45, 2.75) is 25.4 Å². The quantitative estimate of drug-likeness (QED) is 0.203. The van der Waals surface area contributed by atoms with Gasteiger partial charge in [-0.1, -0.05) is 109 Å². The first-order valence-corrected chi connectivity index (χ1v) is 13.5. The van der Waals surface area contributed by atoms with Gasteiger partial charge in [-0.05, 0) is 63.2 Å². The van der Waals surface area contributed by atoms with Crippen LogP contribution in [0.25, 0.3) is 21.5 Å². The minimum absolute atomic E-state index is 0.198. The van der Waals surface area contributed by atoms with E-state index in [0.717, 1.165) is 38.2 Å². The van der Waals surface area contributed by atoms with Crippen LogP contribution >= 0.6 is 0 Å². The van der Waals surface area contributed by atoms with E-state index in [1.807, 2.05) is 54.6 Å². The molecule has 2 unspecified atom stereocenters. The van der Waals surface area contributed by atoms with Gasteiger partial charge < -0.3 is 16.8 Å². The van der Waals surface area contributed by atoms with Crippen molar-refractivity contribution in [3.63, 3.8) is 0 Å². The first kappa shape index (κ1) is 26.9. The number of benzene rings is 5. The number of hydrogen-bond donors (Lipinski definition) is 3. The summed E-state index contributed by atoms with van der Waals surface area (Å²) in [5.74, 6) is -1.12. The maximum Gasteiger partial charge on any atom is 0.251 e. The number of carbonyl (C=O) groups excluding carboxylic acids is 2. The molecular weight excluding hydrogens is 494 g/mol. The third-order valence-electron chi connectivity index (χ3n) is 7.22. The van der Waals surface area contributed by atoms with Crippen LogP contribution in [0.2, 0.25) is 0 Å². The normalized spacial score (nSPS) is 12.9. The Bertz CT molecular complexity index is 1690. The lowest BCUT2D eigenvalue weighted by atomic mass is 9.94. The summed E-state index contributed by atoms with van der Waals surface area (Å²) in [6, 6.07) is 35.8. The van der Waals surface area contributed by atoms with Gasteiger partial charge in [0, 0.05) is 12.1 Å². The monoisotopic (exact) mass is 527 g/mol. The highest BCUT2D eigenvalue weighted by molar-refractivity contribution is 5.94. The van der Waals surface area contributed by atoms with Crippen molar-refractivity contribution in [3.8, 4) is 0 Å². The average Bonchev–Trinajstić information content (AvgIpc) is 2.98. The minimum Gasteiger partial charge on any atom is -0.369 e. The van der Waals surface area contributed by atoms with Crippen molar-refractivity contribution in [3.05, 3.63) is 144 Å². The summed E-state index contributed by atoms with van der Waals surface area (Å²) >= 11 is 0. The van der Waals surface area contributed by atoms with Crippen LogP contribution in [0.1, 0.15) is 27.0 Å². The molecule has 5 heteroatoms. The van der Waals surface area contributed by atoms with E-state index in [0.29, 0.717) is 24.9 Å². The summed E-state index contributed by atoms with van der Waals surface area (Å²) in [6.45, 7) is 0.358. The number of rotatable bonds is 10. The fourth-order valence-electron chi connectivity index (χ4n) is 5.03. The van der Waals surface area contributed by atoms with Crippen LogP contribution in [0, 0.1) is 5.92 Å². The molecule has 0 saturated heterocycles. The number of carbonyl (C=O) groups is 2. The highest BCUT2D eigenvalue weighted by Gasteiger charge is 2.17. The van der Waals surface area contributed by atoms with Crippen LogP contribution in [-0.4, -0.2) is 17.9 Å². The van der Waals surface area contributed by atoms with Crippen molar-refractivity contribution < 1.29 is 9.59 Å². The number of hydrogen-bond acceptors (Lipinski definition) is 3. The smallest absolute Gasteiger partial charge is 0.251 e. The topological polar surface area (TPSA) is 98.2 Å². The van der Waals surface area contributed by atoms with E-state index in [2.05, 4.69) is 59.9 Å². The predicted molar refractivity (Wildman–Crippen MR) is 163 cm³/mol. The standard InChI is InChI=1S/C35H33N3O2/c36-23-26-6-5-11-32(21-26)35(40)38-33(22-25-13-15-28-8-2-4-10-30(28)19-25)17-16-31(34(37)39)20-24-12-14-27-7-1-3-9-29(27)18-24/h1-19,21,31,33H,20,22-23,36H2,(H2,37,39)(H,38,40). The summed E-state index contributed by atoms with van der Waals surface area (Å²) in [7, 11) is 0. The molecule has 0 radical (unpaired) electrons. The van der Waals surface area contributed by atoms with Gasteiger partial charge in [0.2, 0.25) is 5.91 Å². The molecule has 40 heavy (non-hydrogen) atoms. The second kappa shape index (κ2) is 12.4. The van der Waals surface area contributed by atoms with Crippen molar-refractivity contribution in [1.82, 2.24) is 5.32 Å². The molecule has 0 fully saturated rings. The van der Waals surface area contributed by atoms with Crippen molar-refractivity contribution >= 4 is 33.4 Å². The summed E-state index contributed by atoms with van der Waals surface area (Å²) in [6.07, 6.45) is 4.77. The molecule has 200 valence electrons. The molecule has 0 heterocycles. The van der Waals surface area contributed by atoms with E-state index in [4.69, 9.17) is 11.5 Å². The van der Waals surface area contributed by atoms with Crippen LogP contribution in [0.3, 0.4) is 0 Å². The van der Waals surface area contributed by atoms with Gasteiger partial charge >= 0.3 is 0 Å². The number of fused-ring (bicyclic) bond motifs is 2. The van der Waals surface area contributed by atoms with Gasteiger partial charge in [-0.15, -0.1) is 0 Å². The molecule has 0 bridgehead atoms. The average molecular weight is 528 g/mol. The molecule has 0 aliphatic rings. The Balaban J connectivity index is 1.40. The van der Waals surface area contributed by atoms with Gasteiger partial charge in [0.15, 0.2) is 0 Å². The first-order valence-electron chi connectivity index (χ1n) is 13.5. The fourth-order valence-corrected chi connectivity index (χ4v) is 5.03. The lowest BCUT2D eigenvalue weighted by Gasteiger charge is -2.18. The number of nitrogens with one attached hydrogen (secondary N) is 1. The minimum atomic E-state index is -0.516. The third-order valence-corrected chi connectivity index (χ3v) is 7.22. The largest absolute Gasteiger partial charge is 0.369 e. The molecule has 0 aromatic heterocycles. The Hall–Kier alpha value is -4.74. The Kier molecular flexibility index (Phi) is 8.33. The van der Waals surface area contributed by atoms with E-state index in [9.17, 15) is 9.59 Å². The Morgan fingerprint density at radius 2 is 1.25 bits per heavy atom. The molecule has 5 N–H and O–H groups in total. The zero-order valence-corrected chi connectivity index (χ0v) is 22.3. The maximum absolute atomic E-state index is 13.2. The molecule has 0 aliphatic heterocycles. The zero-order valence-electron chi connectivity index (χ0n) is 22.3. The summed E-state index contributed by atoms with van der Waals surface area (Å²) < 4.78 is 0. The molecular formula is C35H33N3O2. The second-order valence-electron chi connectivity index (χ2n) is 10.1. The second-order valence-corrected chi connectivity index (χ2v) is 10.1. The van der Waals surface area contributed by atoms with Gasteiger partial charge in [-0.25, -0.2) is 0 Å². The highest BCUT2D eigenvalue weighted by atomic mass is 16.2. The molecule has 2 amide bonds. The van der Waals surface area contributed by atoms with Gasteiger partial charge in [-0.2, -0.15) is 0 Å². The van der Waals surface area contributed by atoms with Crippen molar-refractivity contribution in [1.29, 1.82) is 0 Å². The van der Waals surface area contributed by atoms with E-state index in [1.165, 1.54) is 0 Å². The summed E-state index contributed by atoms with van der Waals surface area (Å²) in [4.78, 5) is 25.7. The van der Waals surface area contributed by atoms with Crippen molar-refractivity contribution in [2.24, 2.45) is 17.4 Å². The third kappa shape index (κ3) is 6.63. The summed E-state index contributed by atoms with van der Waals surface area (Å²) in [5.41, 5.74) is 15.2. The van der Waals surface area contributed by atoms with Crippen molar-refractivity contribution in [2.75, 3.05) is 0 Å². The number of amides is 2. The molecule has 0 aliphatic carbocycles. The Labute approximate surface area is 234 Å². The van der Waals surface area contributed by atoms with Crippen LogP contribution < -0.4 is 16.8 Å². The van der Waals surface area contributed by atoms with Crippen LogP contribution in [0.5, 0.6) is 0 Å². The van der Waals surface area contributed by atoms with E-state index < -0.39 is 11.8 Å². The number of nitrogens with two attached hydrogens (primary N) is 2. The van der Waals surface area contributed by atoms with Crippen LogP contribution in [0.4, 0.5) is 0 Å². The zero-order chi connectivity index (χ0) is 27.9. The van der Waals surface area contributed by atoms with Gasteiger partial charge in [0.1, 0.15) is 0 Å². The molecule has 5 nitrogen and oxygen atoms in total. The van der Waals surface area contributed by atoms with Crippen LogP contribution in [0.15, 0.2) is 121 Å². The van der Waals surface area contributed by atoms with Gasteiger partial charge in [0.05, 0.1) is 12.0 Å².